The molecule has 0 amide bonds. The van der Waals surface area contributed by atoms with Gasteiger partial charge < -0.3 is 15.0 Å². The molecule has 1 fully saturated rings. The average molecular weight is 359 g/mol. The lowest BCUT2D eigenvalue weighted by Crippen LogP contribution is -2.45. The smallest absolute Gasteiger partial charge is 0.151 e. The highest BCUT2D eigenvalue weighted by molar-refractivity contribution is 6.32. The van der Waals surface area contributed by atoms with E-state index in [0.717, 1.165) is 43.9 Å². The maximum absolute atomic E-state index is 6.28. The number of benzene rings is 1. The van der Waals surface area contributed by atoms with E-state index in [4.69, 9.17) is 16.3 Å². The first kappa shape index (κ1) is 17.7. The van der Waals surface area contributed by atoms with Gasteiger partial charge in [-0.2, -0.15) is 5.10 Å². The van der Waals surface area contributed by atoms with E-state index in [9.17, 15) is 0 Å². The summed E-state index contributed by atoms with van der Waals surface area (Å²) in [5.74, 6) is 1.64. The van der Waals surface area contributed by atoms with E-state index in [-0.39, 0.29) is 0 Å². The molecule has 0 aliphatic carbocycles. The summed E-state index contributed by atoms with van der Waals surface area (Å²) in [4.78, 5) is 2.29. The SMILES string of the molecule is C=CCOc1ccc(CNC2CCCN(c3cccnn3)C2)cc1Cl. The summed E-state index contributed by atoms with van der Waals surface area (Å²) in [6, 6.07) is 10.3. The Balaban J connectivity index is 1.54. The van der Waals surface area contributed by atoms with Crippen molar-refractivity contribution in [1.82, 2.24) is 15.5 Å². The van der Waals surface area contributed by atoms with Gasteiger partial charge in [-0.3, -0.25) is 0 Å². The fraction of sp³-hybridized carbons (Fsp3) is 0.368. The number of halogens is 1. The molecule has 1 unspecified atom stereocenters. The van der Waals surface area contributed by atoms with Gasteiger partial charge in [0.2, 0.25) is 0 Å². The maximum Gasteiger partial charge on any atom is 0.151 e. The molecule has 2 aromatic rings. The first-order valence-corrected chi connectivity index (χ1v) is 8.92. The number of hydrogen-bond donors (Lipinski definition) is 1. The molecule has 132 valence electrons. The number of nitrogens with zero attached hydrogens (tertiary/aromatic N) is 3. The van der Waals surface area contributed by atoms with Crippen LogP contribution in [0.15, 0.2) is 49.2 Å². The van der Waals surface area contributed by atoms with Gasteiger partial charge in [-0.15, -0.1) is 5.10 Å². The Morgan fingerprint density at radius 2 is 2.32 bits per heavy atom. The van der Waals surface area contributed by atoms with Crippen molar-refractivity contribution in [2.45, 2.75) is 25.4 Å². The Morgan fingerprint density at radius 3 is 3.08 bits per heavy atom. The highest BCUT2D eigenvalue weighted by Gasteiger charge is 2.20. The molecule has 6 heteroatoms. The van der Waals surface area contributed by atoms with Crippen molar-refractivity contribution in [2.24, 2.45) is 0 Å². The van der Waals surface area contributed by atoms with Crippen molar-refractivity contribution >= 4 is 17.4 Å². The molecule has 1 saturated heterocycles. The van der Waals surface area contributed by atoms with Gasteiger partial charge in [0, 0.05) is 31.9 Å². The van der Waals surface area contributed by atoms with Crippen LogP contribution in [0.5, 0.6) is 5.75 Å². The molecular formula is C19H23ClN4O. The van der Waals surface area contributed by atoms with Crippen LogP contribution < -0.4 is 15.0 Å². The quantitative estimate of drug-likeness (QED) is 0.768. The number of aromatic nitrogens is 2. The Labute approximate surface area is 153 Å². The summed E-state index contributed by atoms with van der Waals surface area (Å²) in [5.41, 5.74) is 1.15. The van der Waals surface area contributed by atoms with Crippen LogP contribution in [0.4, 0.5) is 5.82 Å². The third kappa shape index (κ3) is 4.94. The van der Waals surface area contributed by atoms with Gasteiger partial charge in [0.1, 0.15) is 12.4 Å². The maximum atomic E-state index is 6.28. The molecule has 1 aliphatic heterocycles. The van der Waals surface area contributed by atoms with Gasteiger partial charge in [-0.05, 0) is 42.7 Å². The number of hydrogen-bond acceptors (Lipinski definition) is 5. The second kappa shape index (κ2) is 8.83. The third-order valence-electron chi connectivity index (χ3n) is 4.25. The van der Waals surface area contributed by atoms with Crippen molar-refractivity contribution in [3.63, 3.8) is 0 Å². The molecule has 1 atom stereocenters. The lowest BCUT2D eigenvalue weighted by molar-refractivity contribution is 0.363. The largest absolute Gasteiger partial charge is 0.488 e. The van der Waals surface area contributed by atoms with E-state index in [1.807, 2.05) is 30.3 Å². The first-order chi connectivity index (χ1) is 12.3. The third-order valence-corrected chi connectivity index (χ3v) is 4.55. The minimum absolute atomic E-state index is 0.422. The zero-order valence-corrected chi connectivity index (χ0v) is 15.0. The predicted molar refractivity (Wildman–Crippen MR) is 101 cm³/mol. The molecule has 2 heterocycles. The van der Waals surface area contributed by atoms with Gasteiger partial charge >= 0.3 is 0 Å². The highest BCUT2D eigenvalue weighted by atomic mass is 35.5. The van der Waals surface area contributed by atoms with Crippen LogP contribution in [0.2, 0.25) is 5.02 Å². The monoisotopic (exact) mass is 358 g/mol. The normalized spacial score (nSPS) is 17.3. The molecule has 1 aliphatic rings. The van der Waals surface area contributed by atoms with Crippen LogP contribution in [-0.4, -0.2) is 35.9 Å². The van der Waals surface area contributed by atoms with E-state index in [0.29, 0.717) is 23.4 Å². The fourth-order valence-corrected chi connectivity index (χ4v) is 3.25. The molecule has 0 bridgehead atoms. The number of anilines is 1. The number of rotatable bonds is 7. The van der Waals surface area contributed by atoms with Crippen molar-refractivity contribution < 1.29 is 4.74 Å². The Morgan fingerprint density at radius 1 is 1.40 bits per heavy atom. The van der Waals surface area contributed by atoms with Crippen molar-refractivity contribution in [2.75, 3.05) is 24.6 Å². The van der Waals surface area contributed by atoms with Crippen molar-refractivity contribution in [3.05, 3.63) is 59.8 Å². The van der Waals surface area contributed by atoms with Crippen molar-refractivity contribution in [3.8, 4) is 5.75 Å². The molecule has 1 aromatic carbocycles. The minimum Gasteiger partial charge on any atom is -0.488 e. The molecular weight excluding hydrogens is 336 g/mol. The molecule has 1 N–H and O–H groups in total. The second-order valence-corrected chi connectivity index (χ2v) is 6.52. The number of piperidine rings is 1. The highest BCUT2D eigenvalue weighted by Crippen LogP contribution is 2.25. The van der Waals surface area contributed by atoms with Crippen LogP contribution in [0.3, 0.4) is 0 Å². The average Bonchev–Trinajstić information content (AvgIpc) is 2.66. The topological polar surface area (TPSA) is 50.3 Å². The molecule has 0 saturated carbocycles. The lowest BCUT2D eigenvalue weighted by atomic mass is 10.1. The Hall–Kier alpha value is -2.11. The molecule has 1 aromatic heterocycles. The molecule has 0 radical (unpaired) electrons. The van der Waals surface area contributed by atoms with Gasteiger partial charge in [-0.25, -0.2) is 0 Å². The summed E-state index contributed by atoms with van der Waals surface area (Å²) >= 11 is 6.28. The molecule has 25 heavy (non-hydrogen) atoms. The summed E-state index contributed by atoms with van der Waals surface area (Å²) < 4.78 is 5.51. The Bertz CT molecular complexity index is 695. The molecule has 0 spiro atoms. The van der Waals surface area contributed by atoms with E-state index < -0.39 is 0 Å². The first-order valence-electron chi connectivity index (χ1n) is 8.54. The summed E-state index contributed by atoms with van der Waals surface area (Å²) in [6.07, 6.45) is 5.71. The van der Waals surface area contributed by atoms with E-state index in [2.05, 4.69) is 27.0 Å². The van der Waals surface area contributed by atoms with Gasteiger partial charge in [0.25, 0.3) is 0 Å². The summed E-state index contributed by atoms with van der Waals surface area (Å²) in [5, 5.41) is 12.4. The summed E-state index contributed by atoms with van der Waals surface area (Å²) in [7, 11) is 0. The number of nitrogens with one attached hydrogen (secondary N) is 1. The summed E-state index contributed by atoms with van der Waals surface area (Å²) in [6.45, 7) is 6.84. The second-order valence-electron chi connectivity index (χ2n) is 6.11. The fourth-order valence-electron chi connectivity index (χ4n) is 3.00. The van der Waals surface area contributed by atoms with Crippen molar-refractivity contribution in [1.29, 1.82) is 0 Å². The van der Waals surface area contributed by atoms with E-state index in [1.54, 1.807) is 12.3 Å². The zero-order chi connectivity index (χ0) is 17.5. The van der Waals surface area contributed by atoms with Crippen LogP contribution in [0.25, 0.3) is 0 Å². The van der Waals surface area contributed by atoms with Gasteiger partial charge in [0.15, 0.2) is 5.82 Å². The van der Waals surface area contributed by atoms with Gasteiger partial charge in [-0.1, -0.05) is 30.3 Å². The number of ether oxygens (including phenoxy) is 1. The van der Waals surface area contributed by atoms with E-state index >= 15 is 0 Å². The standard InChI is InChI=1S/C19H23ClN4O/c1-2-11-25-18-8-7-15(12-17(18)20)13-21-16-5-4-10-24(14-16)19-6-3-9-22-23-19/h2-3,6-9,12,16,21H,1,4-5,10-11,13-14H2. The molecule has 3 rings (SSSR count). The van der Waals surface area contributed by atoms with Gasteiger partial charge in [0.05, 0.1) is 5.02 Å². The van der Waals surface area contributed by atoms with Crippen LogP contribution >= 0.6 is 11.6 Å². The zero-order valence-electron chi connectivity index (χ0n) is 14.2. The van der Waals surface area contributed by atoms with Crippen LogP contribution in [0.1, 0.15) is 18.4 Å². The Kier molecular flexibility index (Phi) is 6.25. The van der Waals surface area contributed by atoms with Crippen LogP contribution in [-0.2, 0) is 6.54 Å². The molecule has 5 nitrogen and oxygen atoms in total. The van der Waals surface area contributed by atoms with Crippen LogP contribution in [0, 0.1) is 0 Å². The lowest BCUT2D eigenvalue weighted by Gasteiger charge is -2.33. The predicted octanol–water partition coefficient (Wildman–Crippen LogP) is 3.45. The van der Waals surface area contributed by atoms with E-state index in [1.165, 1.54) is 0 Å². The minimum atomic E-state index is 0.422.